The molecule has 0 aromatic heterocycles. The van der Waals surface area contributed by atoms with Crippen molar-refractivity contribution in [2.75, 3.05) is 7.11 Å². The van der Waals surface area contributed by atoms with Gasteiger partial charge in [0.25, 0.3) is 0 Å². The van der Waals surface area contributed by atoms with E-state index in [4.69, 9.17) is 10.6 Å². The number of ether oxygens (including phenoxy) is 1. The standard InChI is InChI=1S/C8H10N2OS/c1-11-7-3-2-4-8(5-7)12-6-10-9/h2-6H,9H2,1H3/b10-6+. The fourth-order valence-corrected chi connectivity index (χ4v) is 1.29. The van der Waals surface area contributed by atoms with Gasteiger partial charge in [0.1, 0.15) is 5.75 Å². The number of hydrogen-bond donors (Lipinski definition) is 1. The van der Waals surface area contributed by atoms with Crippen LogP contribution in [-0.2, 0) is 0 Å². The van der Waals surface area contributed by atoms with Gasteiger partial charge >= 0.3 is 0 Å². The molecule has 0 aliphatic rings. The maximum Gasteiger partial charge on any atom is 0.119 e. The molecule has 1 aromatic rings. The van der Waals surface area contributed by atoms with E-state index < -0.39 is 0 Å². The number of thioether (sulfide) groups is 1. The van der Waals surface area contributed by atoms with Crippen LogP contribution in [0, 0.1) is 0 Å². The van der Waals surface area contributed by atoms with Crippen LogP contribution in [0.5, 0.6) is 5.75 Å². The molecule has 0 fully saturated rings. The molecule has 0 bridgehead atoms. The third-order valence-electron chi connectivity index (χ3n) is 1.29. The Morgan fingerprint density at radius 3 is 3.08 bits per heavy atom. The number of nitrogens with two attached hydrogens (primary N) is 1. The summed E-state index contributed by atoms with van der Waals surface area (Å²) in [5.74, 6) is 5.80. The lowest BCUT2D eigenvalue weighted by atomic mass is 10.3. The summed E-state index contributed by atoms with van der Waals surface area (Å²) in [7, 11) is 1.64. The largest absolute Gasteiger partial charge is 0.497 e. The van der Waals surface area contributed by atoms with E-state index in [9.17, 15) is 0 Å². The van der Waals surface area contributed by atoms with Gasteiger partial charge in [-0.05, 0) is 18.2 Å². The van der Waals surface area contributed by atoms with E-state index >= 15 is 0 Å². The molecule has 3 nitrogen and oxygen atoms in total. The summed E-state index contributed by atoms with van der Waals surface area (Å²) in [5, 5.41) is 3.38. The van der Waals surface area contributed by atoms with Gasteiger partial charge in [-0.2, -0.15) is 5.10 Å². The first kappa shape index (κ1) is 8.93. The van der Waals surface area contributed by atoms with E-state index in [0.29, 0.717) is 0 Å². The van der Waals surface area contributed by atoms with Gasteiger partial charge in [0.15, 0.2) is 0 Å². The fraction of sp³-hybridized carbons (Fsp3) is 0.125. The molecule has 12 heavy (non-hydrogen) atoms. The van der Waals surface area contributed by atoms with Crippen molar-refractivity contribution in [3.63, 3.8) is 0 Å². The summed E-state index contributed by atoms with van der Waals surface area (Å²) >= 11 is 1.45. The predicted molar refractivity (Wildman–Crippen MR) is 51.5 cm³/mol. The van der Waals surface area contributed by atoms with Gasteiger partial charge in [0.2, 0.25) is 0 Å². The molecule has 0 saturated heterocycles. The zero-order valence-electron chi connectivity index (χ0n) is 6.73. The Morgan fingerprint density at radius 1 is 1.58 bits per heavy atom. The Hall–Kier alpha value is -1.16. The van der Waals surface area contributed by atoms with Gasteiger partial charge in [-0.1, -0.05) is 17.8 Å². The smallest absolute Gasteiger partial charge is 0.119 e. The van der Waals surface area contributed by atoms with Crippen LogP contribution in [0.2, 0.25) is 0 Å². The van der Waals surface area contributed by atoms with Crippen LogP contribution >= 0.6 is 11.8 Å². The second-order valence-electron chi connectivity index (χ2n) is 2.05. The molecule has 64 valence electrons. The second-order valence-corrected chi connectivity index (χ2v) is 2.97. The fourth-order valence-electron chi connectivity index (χ4n) is 0.766. The van der Waals surface area contributed by atoms with Crippen LogP contribution < -0.4 is 10.6 Å². The zero-order chi connectivity index (χ0) is 8.81. The number of rotatable bonds is 3. The first-order valence-electron chi connectivity index (χ1n) is 3.39. The van der Waals surface area contributed by atoms with Gasteiger partial charge in [0, 0.05) is 4.90 Å². The van der Waals surface area contributed by atoms with Crippen molar-refractivity contribution in [1.82, 2.24) is 0 Å². The number of methoxy groups -OCH3 is 1. The molecule has 1 rings (SSSR count). The predicted octanol–water partition coefficient (Wildman–Crippen LogP) is 1.69. The molecule has 0 heterocycles. The van der Waals surface area contributed by atoms with E-state index in [1.54, 1.807) is 12.7 Å². The molecular formula is C8H10N2OS. The zero-order valence-corrected chi connectivity index (χ0v) is 7.54. The van der Waals surface area contributed by atoms with Crippen molar-refractivity contribution in [3.05, 3.63) is 24.3 Å². The van der Waals surface area contributed by atoms with Gasteiger partial charge in [-0.25, -0.2) is 0 Å². The minimum atomic E-state index is 0.838. The van der Waals surface area contributed by atoms with E-state index in [-0.39, 0.29) is 0 Å². The van der Waals surface area contributed by atoms with Crippen LogP contribution in [0.3, 0.4) is 0 Å². The van der Waals surface area contributed by atoms with Crippen molar-refractivity contribution in [2.45, 2.75) is 4.90 Å². The lowest BCUT2D eigenvalue weighted by Crippen LogP contribution is -1.82. The molecule has 1 aromatic carbocycles. The number of benzene rings is 1. The molecule has 0 aliphatic carbocycles. The lowest BCUT2D eigenvalue weighted by Gasteiger charge is -2.00. The molecule has 0 atom stereocenters. The Bertz CT molecular complexity index is 276. The minimum absolute atomic E-state index is 0.838. The summed E-state index contributed by atoms with van der Waals surface area (Å²) in [6.07, 6.45) is 0. The van der Waals surface area contributed by atoms with Gasteiger partial charge < -0.3 is 10.6 Å². The maximum absolute atomic E-state index is 5.05. The van der Waals surface area contributed by atoms with Crippen molar-refractivity contribution >= 4 is 17.3 Å². The van der Waals surface area contributed by atoms with E-state index in [2.05, 4.69) is 5.10 Å². The Labute approximate surface area is 75.6 Å². The highest BCUT2D eigenvalue weighted by molar-refractivity contribution is 8.12. The summed E-state index contributed by atoms with van der Waals surface area (Å²) in [6, 6.07) is 7.70. The van der Waals surface area contributed by atoms with E-state index in [1.165, 1.54) is 11.8 Å². The maximum atomic E-state index is 5.05. The Morgan fingerprint density at radius 2 is 2.42 bits per heavy atom. The van der Waals surface area contributed by atoms with Crippen molar-refractivity contribution in [2.24, 2.45) is 10.9 Å². The normalized spacial score (nSPS) is 10.4. The average molecular weight is 182 g/mol. The minimum Gasteiger partial charge on any atom is -0.497 e. The Kier molecular flexibility index (Phi) is 3.47. The highest BCUT2D eigenvalue weighted by Crippen LogP contribution is 2.20. The SMILES string of the molecule is COc1cccc(S/C=N/N)c1. The van der Waals surface area contributed by atoms with Crippen LogP contribution in [0.25, 0.3) is 0 Å². The van der Waals surface area contributed by atoms with Crippen molar-refractivity contribution in [1.29, 1.82) is 0 Å². The van der Waals surface area contributed by atoms with Crippen LogP contribution in [0.15, 0.2) is 34.3 Å². The number of hydrazone groups is 1. The summed E-state index contributed by atoms with van der Waals surface area (Å²) < 4.78 is 5.05. The summed E-state index contributed by atoms with van der Waals surface area (Å²) in [6.45, 7) is 0. The van der Waals surface area contributed by atoms with Gasteiger partial charge in [-0.15, -0.1) is 0 Å². The number of nitrogens with zero attached hydrogens (tertiary/aromatic N) is 1. The van der Waals surface area contributed by atoms with E-state index in [0.717, 1.165) is 10.6 Å². The third kappa shape index (κ3) is 2.47. The van der Waals surface area contributed by atoms with E-state index in [1.807, 2.05) is 24.3 Å². The average Bonchev–Trinajstić information content (AvgIpc) is 2.15. The third-order valence-corrected chi connectivity index (χ3v) is 2.04. The monoisotopic (exact) mass is 182 g/mol. The molecule has 0 saturated carbocycles. The van der Waals surface area contributed by atoms with Crippen LogP contribution in [-0.4, -0.2) is 12.7 Å². The highest BCUT2D eigenvalue weighted by Gasteiger charge is 1.93. The summed E-state index contributed by atoms with van der Waals surface area (Å²) in [4.78, 5) is 1.06. The molecule has 0 radical (unpaired) electrons. The second kappa shape index (κ2) is 4.66. The molecule has 0 spiro atoms. The first-order chi connectivity index (χ1) is 5.86. The Balaban J connectivity index is 2.72. The van der Waals surface area contributed by atoms with Crippen molar-refractivity contribution in [3.8, 4) is 5.75 Å². The molecule has 4 heteroatoms. The topological polar surface area (TPSA) is 47.6 Å². The molecule has 0 unspecified atom stereocenters. The first-order valence-corrected chi connectivity index (χ1v) is 4.27. The van der Waals surface area contributed by atoms with Gasteiger partial charge in [0.05, 0.1) is 12.7 Å². The summed E-state index contributed by atoms with van der Waals surface area (Å²) in [5.41, 5.74) is 1.58. The van der Waals surface area contributed by atoms with Gasteiger partial charge in [-0.3, -0.25) is 0 Å². The molecule has 2 N–H and O–H groups in total. The lowest BCUT2D eigenvalue weighted by molar-refractivity contribution is 0.413. The van der Waals surface area contributed by atoms with Crippen LogP contribution in [0.4, 0.5) is 0 Å². The molecule has 0 aliphatic heterocycles. The molecular weight excluding hydrogens is 172 g/mol. The quantitative estimate of drug-likeness (QED) is 0.254. The highest BCUT2D eigenvalue weighted by atomic mass is 32.2. The van der Waals surface area contributed by atoms with Crippen molar-refractivity contribution < 1.29 is 4.74 Å². The number of hydrogen-bond acceptors (Lipinski definition) is 4. The van der Waals surface area contributed by atoms with Crippen LogP contribution in [0.1, 0.15) is 0 Å². The molecule has 0 amide bonds.